The van der Waals surface area contributed by atoms with Gasteiger partial charge in [0, 0.05) is 12.8 Å². The summed E-state index contributed by atoms with van der Waals surface area (Å²) in [5.41, 5.74) is 5.35. The molecule has 0 fully saturated rings. The van der Waals surface area contributed by atoms with Crippen LogP contribution in [0.4, 0.5) is 0 Å². The second kappa shape index (κ2) is 48.4. The number of rotatable bonds is 48. The molecule has 0 rings (SSSR count). The number of esters is 2. The molecule has 3 atom stereocenters. The van der Waals surface area contributed by atoms with Crippen LogP contribution in [0.1, 0.15) is 219 Å². The van der Waals surface area contributed by atoms with Gasteiger partial charge in [0.25, 0.3) is 0 Å². The molecule has 4 N–H and O–H groups in total. The van der Waals surface area contributed by atoms with Crippen LogP contribution in [-0.2, 0) is 37.5 Å². The van der Waals surface area contributed by atoms with Gasteiger partial charge in [0.15, 0.2) is 6.10 Å². The summed E-state index contributed by atoms with van der Waals surface area (Å²) in [5, 5.41) is 8.92. The fraction of sp³-hybridized carbons (Fsp3) is 0.722. The average molecular weight is 948 g/mol. The Morgan fingerprint density at radius 2 is 0.833 bits per heavy atom. The van der Waals surface area contributed by atoms with Crippen LogP contribution in [0.5, 0.6) is 0 Å². The van der Waals surface area contributed by atoms with Crippen LogP contribution in [0.15, 0.2) is 72.9 Å². The van der Waals surface area contributed by atoms with E-state index in [1.54, 1.807) is 0 Å². The van der Waals surface area contributed by atoms with E-state index in [1.807, 2.05) is 12.2 Å². The van der Waals surface area contributed by atoms with Gasteiger partial charge in [-0.15, -0.1) is 0 Å². The molecule has 0 saturated carbocycles. The number of aliphatic carboxylic acids is 1. The zero-order valence-electron chi connectivity index (χ0n) is 41.5. The van der Waals surface area contributed by atoms with Crippen LogP contribution in [0, 0.1) is 0 Å². The first kappa shape index (κ1) is 62.9. The number of hydrogen-bond donors (Lipinski definition) is 3. The molecule has 0 bridgehead atoms. The van der Waals surface area contributed by atoms with Crippen molar-refractivity contribution in [3.8, 4) is 0 Å². The predicted octanol–water partition coefficient (Wildman–Crippen LogP) is 14.8. The predicted molar refractivity (Wildman–Crippen MR) is 272 cm³/mol. The van der Waals surface area contributed by atoms with Crippen molar-refractivity contribution >= 4 is 25.7 Å². The molecule has 0 aliphatic carbocycles. The van der Waals surface area contributed by atoms with Crippen LogP contribution >= 0.6 is 7.82 Å². The number of allylic oxidation sites excluding steroid dienone is 12. The molecule has 0 aromatic heterocycles. The highest BCUT2D eigenvalue weighted by atomic mass is 31.2. The number of phosphoric acid groups is 1. The number of carbonyl (C=O) groups is 3. The Bertz CT molecular complexity index is 1390. The Morgan fingerprint density at radius 3 is 1.30 bits per heavy atom. The van der Waals surface area contributed by atoms with E-state index in [9.17, 15) is 23.8 Å². The molecular formula is C54H94NO10P. The van der Waals surface area contributed by atoms with Gasteiger partial charge in [-0.05, 0) is 70.6 Å². The summed E-state index contributed by atoms with van der Waals surface area (Å²) in [6, 6.07) is -1.54. The molecule has 0 heterocycles. The molecule has 66 heavy (non-hydrogen) atoms. The summed E-state index contributed by atoms with van der Waals surface area (Å²) in [6.07, 6.45) is 60.0. The number of carboxylic acids is 1. The summed E-state index contributed by atoms with van der Waals surface area (Å²) in [4.78, 5) is 46.1. The summed E-state index contributed by atoms with van der Waals surface area (Å²) in [5.74, 6) is -2.52. The van der Waals surface area contributed by atoms with Crippen LogP contribution in [0.3, 0.4) is 0 Å². The van der Waals surface area contributed by atoms with Crippen molar-refractivity contribution in [2.24, 2.45) is 5.73 Å². The number of carbonyl (C=O) groups excluding carboxylic acids is 2. The molecule has 0 aliphatic heterocycles. The van der Waals surface area contributed by atoms with Gasteiger partial charge in [-0.1, -0.05) is 209 Å². The van der Waals surface area contributed by atoms with Crippen molar-refractivity contribution in [2.45, 2.75) is 231 Å². The molecule has 12 heteroatoms. The SMILES string of the molecule is CCCCC/C=C/C/C=C/C/C=C/C/C=C/C/C=C/CCC(=O)OC[C@H](COP(=O)(O)OC[C@H](N)C(=O)O)OC(=O)CCC/C=C/CCCCCCCCCCCCCCCCCCCC. The van der Waals surface area contributed by atoms with E-state index in [4.69, 9.17) is 24.8 Å². The van der Waals surface area contributed by atoms with Crippen molar-refractivity contribution in [1.29, 1.82) is 0 Å². The zero-order chi connectivity index (χ0) is 48.4. The van der Waals surface area contributed by atoms with Crippen LogP contribution in [0.25, 0.3) is 0 Å². The highest BCUT2D eigenvalue weighted by Crippen LogP contribution is 2.43. The third-order valence-corrected chi connectivity index (χ3v) is 11.9. The van der Waals surface area contributed by atoms with Crippen molar-refractivity contribution in [3.05, 3.63) is 72.9 Å². The molecule has 0 saturated heterocycles. The Labute approximate surface area is 401 Å². The third-order valence-electron chi connectivity index (χ3n) is 10.9. The highest BCUT2D eigenvalue weighted by molar-refractivity contribution is 7.47. The van der Waals surface area contributed by atoms with Gasteiger partial charge in [-0.3, -0.25) is 23.4 Å². The fourth-order valence-electron chi connectivity index (χ4n) is 6.88. The molecule has 0 aromatic rings. The van der Waals surface area contributed by atoms with Crippen molar-refractivity contribution in [1.82, 2.24) is 0 Å². The van der Waals surface area contributed by atoms with Gasteiger partial charge in [-0.2, -0.15) is 0 Å². The first-order valence-electron chi connectivity index (χ1n) is 26.0. The van der Waals surface area contributed by atoms with E-state index in [0.717, 1.165) is 38.5 Å². The van der Waals surface area contributed by atoms with E-state index in [0.29, 0.717) is 19.3 Å². The first-order chi connectivity index (χ1) is 32.1. The minimum atomic E-state index is -4.75. The standard InChI is InChI=1S/C54H94NO10P/c1-3-5-7-9-11-13-15-17-19-21-23-24-25-26-28-30-32-34-36-38-40-42-44-46-53(57)65-50(48-63-66(60,61)64-49-51(55)54(58)59)47-62-52(56)45-43-41-39-37-35-33-31-29-27-22-20-18-16-14-12-10-8-6-4-2/h12,14,18,20,27,29,33,35,38-41,50-51H,3-11,13,15-17,19,21-26,28,30-32,34,36-37,42-49,55H2,1-2H3,(H,58,59)(H,60,61)/b14-12+,20-18+,29-27+,35-33+,40-38+,41-39+/t50-,51+/m1/s1. The molecule has 11 nitrogen and oxygen atoms in total. The normalized spacial score (nSPS) is 14.1. The smallest absolute Gasteiger partial charge is 0.472 e. The van der Waals surface area contributed by atoms with Crippen LogP contribution < -0.4 is 5.73 Å². The van der Waals surface area contributed by atoms with Crippen LogP contribution in [-0.4, -0.2) is 59.9 Å². The number of carboxylic acid groups (broad SMARTS) is 1. The highest BCUT2D eigenvalue weighted by Gasteiger charge is 2.28. The second-order valence-electron chi connectivity index (χ2n) is 17.3. The number of hydrogen-bond acceptors (Lipinski definition) is 9. The Hall–Kier alpha value is -3.08. The summed E-state index contributed by atoms with van der Waals surface area (Å²) < 4.78 is 32.7. The van der Waals surface area contributed by atoms with Gasteiger partial charge in [0.2, 0.25) is 0 Å². The average Bonchev–Trinajstić information content (AvgIpc) is 3.30. The van der Waals surface area contributed by atoms with Crippen molar-refractivity contribution in [3.63, 3.8) is 0 Å². The summed E-state index contributed by atoms with van der Waals surface area (Å²) in [7, 11) is -4.75. The van der Waals surface area contributed by atoms with E-state index < -0.39 is 57.7 Å². The third kappa shape index (κ3) is 47.4. The number of unbranched alkanes of at least 4 members (excludes halogenated alkanes) is 22. The lowest BCUT2D eigenvalue weighted by Crippen LogP contribution is -2.34. The maximum atomic E-state index is 12.7. The largest absolute Gasteiger partial charge is 0.480 e. The summed E-state index contributed by atoms with van der Waals surface area (Å²) in [6.45, 7) is 2.70. The molecule has 0 aliphatic rings. The molecule has 0 spiro atoms. The van der Waals surface area contributed by atoms with Gasteiger partial charge < -0.3 is 25.2 Å². The topological polar surface area (TPSA) is 172 Å². The quantitative estimate of drug-likeness (QED) is 0.0229. The monoisotopic (exact) mass is 948 g/mol. The number of nitrogens with two attached hydrogens (primary N) is 1. The number of ether oxygens (including phenoxy) is 2. The lowest BCUT2D eigenvalue weighted by Gasteiger charge is -2.20. The van der Waals surface area contributed by atoms with E-state index in [-0.39, 0.29) is 12.8 Å². The fourth-order valence-corrected chi connectivity index (χ4v) is 7.65. The first-order valence-corrected chi connectivity index (χ1v) is 27.5. The Balaban J connectivity index is 4.36. The van der Waals surface area contributed by atoms with E-state index >= 15 is 0 Å². The van der Waals surface area contributed by atoms with Crippen molar-refractivity contribution in [2.75, 3.05) is 19.8 Å². The molecule has 380 valence electrons. The molecule has 0 aromatic carbocycles. The lowest BCUT2D eigenvalue weighted by atomic mass is 10.0. The molecule has 0 amide bonds. The van der Waals surface area contributed by atoms with Crippen molar-refractivity contribution < 1.29 is 47.5 Å². The van der Waals surface area contributed by atoms with Gasteiger partial charge in [-0.25, -0.2) is 4.57 Å². The summed E-state index contributed by atoms with van der Waals surface area (Å²) >= 11 is 0. The van der Waals surface area contributed by atoms with Crippen LogP contribution in [0.2, 0.25) is 0 Å². The number of phosphoric ester groups is 1. The maximum Gasteiger partial charge on any atom is 0.472 e. The van der Waals surface area contributed by atoms with Gasteiger partial charge in [0.1, 0.15) is 12.6 Å². The Kier molecular flexibility index (Phi) is 46.1. The van der Waals surface area contributed by atoms with E-state index in [2.05, 4.69) is 79.1 Å². The van der Waals surface area contributed by atoms with Gasteiger partial charge >= 0.3 is 25.7 Å². The van der Waals surface area contributed by atoms with E-state index in [1.165, 1.54) is 135 Å². The second-order valence-corrected chi connectivity index (χ2v) is 18.8. The Morgan fingerprint density at radius 1 is 0.470 bits per heavy atom. The minimum absolute atomic E-state index is 0.0904. The minimum Gasteiger partial charge on any atom is -0.480 e. The molecular weight excluding hydrogens is 854 g/mol. The molecule has 0 radical (unpaired) electrons. The zero-order valence-corrected chi connectivity index (χ0v) is 42.4. The maximum absolute atomic E-state index is 12.7. The lowest BCUT2D eigenvalue weighted by molar-refractivity contribution is -0.161. The molecule has 1 unspecified atom stereocenters. The van der Waals surface area contributed by atoms with Gasteiger partial charge in [0.05, 0.1) is 13.2 Å².